The van der Waals surface area contributed by atoms with Gasteiger partial charge < -0.3 is 0 Å². The van der Waals surface area contributed by atoms with E-state index in [2.05, 4.69) is 0 Å². The Bertz CT molecular complexity index is 1040. The van der Waals surface area contributed by atoms with Crippen molar-refractivity contribution in [2.24, 2.45) is 0 Å². The topological polar surface area (TPSA) is 34.1 Å². The maximum atomic E-state index is 13.3. The van der Waals surface area contributed by atoms with Crippen LogP contribution in [0.1, 0.15) is 21.5 Å². The van der Waals surface area contributed by atoms with Gasteiger partial charge in [-0.2, -0.15) is 0 Å². The number of carbonyl (C=O) groups is 1. The van der Waals surface area contributed by atoms with E-state index in [1.54, 1.807) is 30.3 Å². The van der Waals surface area contributed by atoms with Gasteiger partial charge in [-0.15, -0.1) is 0 Å². The van der Waals surface area contributed by atoms with Gasteiger partial charge in [-0.3, -0.25) is 4.79 Å². The van der Waals surface area contributed by atoms with E-state index >= 15 is 0 Å². The molecule has 0 radical (unpaired) electrons. The maximum Gasteiger partial charge on any atom is 0.191 e. The van der Waals surface area contributed by atoms with Gasteiger partial charge in [0, 0.05) is 22.6 Å². The van der Waals surface area contributed by atoms with Gasteiger partial charge in [-0.25, -0.2) is 4.21 Å². The molecule has 3 aromatic carbocycles. The van der Waals surface area contributed by atoms with Crippen molar-refractivity contribution < 1.29 is 9.00 Å². The molecule has 0 aliphatic carbocycles. The normalized spacial score (nSPS) is 16.5. The summed E-state index contributed by atoms with van der Waals surface area (Å²) >= 11 is 5.97. The number of fused-ring (bicyclic) bond motifs is 1. The first kappa shape index (κ1) is 17.0. The Morgan fingerprint density at radius 3 is 2.19 bits per heavy atom. The van der Waals surface area contributed by atoms with Crippen LogP contribution in [0.25, 0.3) is 4.91 Å². The van der Waals surface area contributed by atoms with Crippen LogP contribution in [0.4, 0.5) is 0 Å². The summed E-state index contributed by atoms with van der Waals surface area (Å²) in [7, 11) is -1.40. The Hall–Kier alpha value is -2.49. The molecule has 4 heteroatoms. The Balaban J connectivity index is 1.90. The monoisotopic (exact) mass is 378 g/mol. The molecule has 0 fully saturated rings. The predicted octanol–water partition coefficient (Wildman–Crippen LogP) is 5.30. The minimum atomic E-state index is -1.40. The molecule has 0 amide bonds. The van der Waals surface area contributed by atoms with Gasteiger partial charge in [-0.05, 0) is 35.4 Å². The highest BCUT2D eigenvalue weighted by Crippen LogP contribution is 2.37. The van der Waals surface area contributed by atoms with Crippen molar-refractivity contribution >= 4 is 33.1 Å². The number of halogens is 1. The summed E-state index contributed by atoms with van der Waals surface area (Å²) < 4.78 is 13.3. The first-order valence-corrected chi connectivity index (χ1v) is 9.76. The highest BCUT2D eigenvalue weighted by atomic mass is 35.5. The molecule has 0 saturated heterocycles. The molecule has 128 valence electrons. The van der Waals surface area contributed by atoms with Gasteiger partial charge in [0.2, 0.25) is 0 Å². The van der Waals surface area contributed by atoms with Crippen molar-refractivity contribution in [2.45, 2.75) is 11.3 Å². The van der Waals surface area contributed by atoms with Crippen LogP contribution < -0.4 is 0 Å². The second-order valence-electron chi connectivity index (χ2n) is 6.07. The number of hydrogen-bond donors (Lipinski definition) is 0. The lowest BCUT2D eigenvalue weighted by atomic mass is 9.94. The van der Waals surface area contributed by atoms with Gasteiger partial charge in [0.15, 0.2) is 5.78 Å². The summed E-state index contributed by atoms with van der Waals surface area (Å²) in [4.78, 5) is 14.4. The second kappa shape index (κ2) is 7.02. The third-order valence-electron chi connectivity index (χ3n) is 4.40. The van der Waals surface area contributed by atoms with Crippen LogP contribution >= 0.6 is 11.6 Å². The molecule has 26 heavy (non-hydrogen) atoms. The fourth-order valence-electron chi connectivity index (χ4n) is 3.14. The first-order chi connectivity index (χ1) is 12.6. The molecule has 1 unspecified atom stereocenters. The minimum absolute atomic E-state index is 0.0611. The predicted molar refractivity (Wildman–Crippen MR) is 106 cm³/mol. The minimum Gasteiger partial charge on any atom is -0.289 e. The fraction of sp³-hybridized carbons (Fsp3) is 0.0455. The molecule has 0 spiro atoms. The van der Waals surface area contributed by atoms with Crippen LogP contribution in [-0.4, -0.2) is 9.99 Å². The third-order valence-corrected chi connectivity index (χ3v) is 6.26. The van der Waals surface area contributed by atoms with Crippen molar-refractivity contribution in [2.75, 3.05) is 0 Å². The Kier molecular flexibility index (Phi) is 4.58. The summed E-state index contributed by atoms with van der Waals surface area (Å²) in [5.41, 5.74) is 2.88. The molecular weight excluding hydrogens is 364 g/mol. The van der Waals surface area contributed by atoms with E-state index < -0.39 is 10.8 Å². The third kappa shape index (κ3) is 3.05. The van der Waals surface area contributed by atoms with Crippen molar-refractivity contribution in [1.29, 1.82) is 0 Å². The lowest BCUT2D eigenvalue weighted by Crippen LogP contribution is -2.19. The highest BCUT2D eigenvalue weighted by molar-refractivity contribution is 7.95. The van der Waals surface area contributed by atoms with E-state index in [0.717, 1.165) is 11.1 Å². The van der Waals surface area contributed by atoms with Crippen LogP contribution in [0.2, 0.25) is 5.02 Å². The number of ketones is 1. The molecule has 0 saturated carbocycles. The van der Waals surface area contributed by atoms with E-state index in [0.29, 0.717) is 32.4 Å². The maximum absolute atomic E-state index is 13.3. The Labute approximate surface area is 159 Å². The van der Waals surface area contributed by atoms with Gasteiger partial charge in [-0.1, -0.05) is 66.2 Å². The van der Waals surface area contributed by atoms with Crippen LogP contribution in [0.5, 0.6) is 0 Å². The summed E-state index contributed by atoms with van der Waals surface area (Å²) in [6, 6.07) is 24.0. The van der Waals surface area contributed by atoms with Gasteiger partial charge >= 0.3 is 0 Å². The molecule has 3 aromatic rings. The standard InChI is InChI=1S/C22H15ClO2S/c23-17-12-10-15(11-13-17)14-19-21(24)18-8-4-5-9-20(18)26(25)22(19)16-6-2-1-3-7-16/h1-13H,14H2. The molecule has 0 aromatic heterocycles. The van der Waals surface area contributed by atoms with E-state index in [-0.39, 0.29) is 5.78 Å². The molecule has 0 N–H and O–H groups in total. The van der Waals surface area contributed by atoms with Gasteiger partial charge in [0.1, 0.15) is 0 Å². The first-order valence-electron chi connectivity index (χ1n) is 8.23. The molecule has 2 nitrogen and oxygen atoms in total. The largest absolute Gasteiger partial charge is 0.289 e. The summed E-state index contributed by atoms with van der Waals surface area (Å²) in [6.07, 6.45) is 0.417. The zero-order valence-electron chi connectivity index (χ0n) is 13.8. The number of Topliss-reactive ketones (excluding diaryl/α,β-unsaturated/α-hetero) is 1. The van der Waals surface area contributed by atoms with E-state index in [4.69, 9.17) is 11.6 Å². The summed E-state index contributed by atoms with van der Waals surface area (Å²) in [5, 5.41) is 0.648. The molecule has 1 aliphatic heterocycles. The summed E-state index contributed by atoms with van der Waals surface area (Å²) in [6.45, 7) is 0. The number of hydrogen-bond acceptors (Lipinski definition) is 2. The zero-order valence-corrected chi connectivity index (χ0v) is 15.4. The lowest BCUT2D eigenvalue weighted by molar-refractivity contribution is 0.102. The average molecular weight is 379 g/mol. The Morgan fingerprint density at radius 2 is 1.46 bits per heavy atom. The van der Waals surface area contributed by atoms with Gasteiger partial charge in [0.05, 0.1) is 20.6 Å². The lowest BCUT2D eigenvalue weighted by Gasteiger charge is -2.22. The highest BCUT2D eigenvalue weighted by Gasteiger charge is 2.31. The van der Waals surface area contributed by atoms with Crippen LogP contribution in [0.15, 0.2) is 89.3 Å². The SMILES string of the molecule is O=C1C(Cc2ccc(Cl)cc2)=C(c2ccccc2)S(=O)c2ccccc21. The number of allylic oxidation sites excluding steroid dienone is 1. The van der Waals surface area contributed by atoms with E-state index in [1.165, 1.54) is 0 Å². The fourth-order valence-corrected chi connectivity index (χ4v) is 4.79. The molecule has 1 atom stereocenters. The smallest absolute Gasteiger partial charge is 0.191 e. The number of benzene rings is 3. The van der Waals surface area contributed by atoms with Crippen LogP contribution in [0.3, 0.4) is 0 Å². The average Bonchev–Trinajstić information content (AvgIpc) is 2.68. The van der Waals surface area contributed by atoms with Crippen LogP contribution in [0, 0.1) is 0 Å². The van der Waals surface area contributed by atoms with Crippen LogP contribution in [-0.2, 0) is 17.2 Å². The quantitative estimate of drug-likeness (QED) is 0.619. The van der Waals surface area contributed by atoms with E-state index in [1.807, 2.05) is 48.5 Å². The van der Waals surface area contributed by atoms with Gasteiger partial charge in [0.25, 0.3) is 0 Å². The van der Waals surface area contributed by atoms with Crippen molar-refractivity contribution in [3.05, 3.63) is 106 Å². The molecule has 0 bridgehead atoms. The number of carbonyl (C=O) groups excluding carboxylic acids is 1. The van der Waals surface area contributed by atoms with Crippen molar-refractivity contribution in [3.63, 3.8) is 0 Å². The molecular formula is C22H15ClO2S. The molecule has 1 aliphatic rings. The molecule has 1 heterocycles. The zero-order chi connectivity index (χ0) is 18.1. The Morgan fingerprint density at radius 1 is 0.808 bits per heavy atom. The second-order valence-corrected chi connectivity index (χ2v) is 7.89. The molecule has 4 rings (SSSR count). The van der Waals surface area contributed by atoms with Crippen molar-refractivity contribution in [3.8, 4) is 0 Å². The number of rotatable bonds is 3. The summed E-state index contributed by atoms with van der Waals surface area (Å²) in [5.74, 6) is -0.0611. The van der Waals surface area contributed by atoms with Crippen molar-refractivity contribution in [1.82, 2.24) is 0 Å². The van der Waals surface area contributed by atoms with E-state index in [9.17, 15) is 9.00 Å².